The minimum Gasteiger partial charge on any atom is -0.492 e. The molecule has 1 aromatic heterocycles. The number of nitrogens with zero attached hydrogens (tertiary/aromatic N) is 5. The van der Waals surface area contributed by atoms with Crippen molar-refractivity contribution in [2.75, 3.05) is 36.7 Å². The third kappa shape index (κ3) is 4.18. The van der Waals surface area contributed by atoms with Crippen LogP contribution in [0.15, 0.2) is 35.7 Å². The summed E-state index contributed by atoms with van der Waals surface area (Å²) in [7, 11) is 6.01. The van der Waals surface area contributed by atoms with Crippen LogP contribution < -0.4 is 19.2 Å². The van der Waals surface area contributed by atoms with Gasteiger partial charge in [-0.15, -0.1) is 0 Å². The summed E-state index contributed by atoms with van der Waals surface area (Å²) < 4.78 is 10.0. The van der Waals surface area contributed by atoms with Crippen LogP contribution in [0, 0.1) is 0 Å². The number of aryl methyl sites for hydroxylation is 2. The van der Waals surface area contributed by atoms with Crippen molar-refractivity contribution in [3.05, 3.63) is 36.4 Å². The monoisotopic (exact) mass is 358 g/mol. The standard InChI is InChI=1S/C20H32N5O/c1-8-25(9-2)17-11-12-18(19(15-17)26-10-3)24(7)21-16(4)20-22(5)13-14-23(20)6/h11-15H,8-10H2,1-7H3/q+1. The van der Waals surface area contributed by atoms with E-state index in [2.05, 4.69) is 46.1 Å². The summed E-state index contributed by atoms with van der Waals surface area (Å²) >= 11 is 0. The van der Waals surface area contributed by atoms with E-state index in [1.807, 2.05) is 52.4 Å². The molecule has 0 spiro atoms. The molecule has 2 aromatic rings. The van der Waals surface area contributed by atoms with Crippen molar-refractivity contribution in [3.8, 4) is 5.75 Å². The molecule has 6 heteroatoms. The second kappa shape index (κ2) is 8.74. The Morgan fingerprint density at radius 2 is 1.92 bits per heavy atom. The number of anilines is 2. The zero-order valence-corrected chi connectivity index (χ0v) is 17.2. The second-order valence-corrected chi connectivity index (χ2v) is 6.31. The molecule has 26 heavy (non-hydrogen) atoms. The van der Waals surface area contributed by atoms with Crippen LogP contribution in [-0.2, 0) is 14.1 Å². The first-order chi connectivity index (χ1) is 12.4. The molecule has 6 nitrogen and oxygen atoms in total. The van der Waals surface area contributed by atoms with Crippen molar-refractivity contribution < 1.29 is 9.30 Å². The SMILES string of the molecule is CCOc1cc(N(CC)CC)ccc1N(C)/N=C(\C)c1n(C)cc[n+]1C. The number of hydrogen-bond acceptors (Lipinski definition) is 4. The summed E-state index contributed by atoms with van der Waals surface area (Å²) in [6.45, 7) is 10.9. The molecular weight excluding hydrogens is 326 g/mol. The molecule has 0 fully saturated rings. The van der Waals surface area contributed by atoms with Crippen LogP contribution in [0.2, 0.25) is 0 Å². The molecule has 0 bridgehead atoms. The topological polar surface area (TPSA) is 36.9 Å². The van der Waals surface area contributed by atoms with Gasteiger partial charge in [-0.1, -0.05) is 0 Å². The van der Waals surface area contributed by atoms with Crippen molar-refractivity contribution in [3.63, 3.8) is 0 Å². The molecule has 0 saturated heterocycles. The molecule has 1 heterocycles. The van der Waals surface area contributed by atoms with E-state index in [4.69, 9.17) is 9.84 Å². The Bertz CT molecular complexity index is 742. The maximum absolute atomic E-state index is 5.91. The Labute approximate surface area is 157 Å². The quantitative estimate of drug-likeness (QED) is 0.414. The Morgan fingerprint density at radius 3 is 2.46 bits per heavy atom. The smallest absolute Gasteiger partial charge is 0.304 e. The van der Waals surface area contributed by atoms with Gasteiger partial charge < -0.3 is 9.64 Å². The van der Waals surface area contributed by atoms with Gasteiger partial charge in [0, 0.05) is 31.9 Å². The molecule has 0 saturated carbocycles. The summed E-state index contributed by atoms with van der Waals surface area (Å²) in [5.41, 5.74) is 3.07. The fraction of sp³-hybridized carbons (Fsp3) is 0.500. The van der Waals surface area contributed by atoms with Gasteiger partial charge in [0.15, 0.2) is 0 Å². The summed E-state index contributed by atoms with van der Waals surface area (Å²) in [5, 5.41) is 6.67. The Morgan fingerprint density at radius 1 is 1.23 bits per heavy atom. The van der Waals surface area contributed by atoms with Crippen molar-refractivity contribution in [2.24, 2.45) is 19.2 Å². The molecule has 0 aliphatic heterocycles. The fourth-order valence-electron chi connectivity index (χ4n) is 3.25. The van der Waals surface area contributed by atoms with Crippen LogP contribution in [-0.4, -0.2) is 37.0 Å². The van der Waals surface area contributed by atoms with Crippen LogP contribution in [0.1, 0.15) is 33.5 Å². The Hall–Kier alpha value is -2.50. The van der Waals surface area contributed by atoms with Crippen LogP contribution in [0.3, 0.4) is 0 Å². The zero-order valence-electron chi connectivity index (χ0n) is 17.2. The predicted molar refractivity (Wildman–Crippen MR) is 108 cm³/mol. The summed E-state index contributed by atoms with van der Waals surface area (Å²) in [4.78, 5) is 2.31. The first-order valence-corrected chi connectivity index (χ1v) is 9.24. The molecule has 1 aromatic carbocycles. The van der Waals surface area contributed by atoms with Crippen molar-refractivity contribution >= 4 is 17.1 Å². The van der Waals surface area contributed by atoms with Crippen LogP contribution in [0.4, 0.5) is 11.4 Å². The molecule has 0 amide bonds. The number of aromatic nitrogens is 2. The predicted octanol–water partition coefficient (Wildman–Crippen LogP) is 2.95. The van der Waals surface area contributed by atoms with Crippen molar-refractivity contribution in [1.82, 2.24) is 4.57 Å². The van der Waals surface area contributed by atoms with Gasteiger partial charge in [0.25, 0.3) is 0 Å². The van der Waals surface area contributed by atoms with Gasteiger partial charge >= 0.3 is 5.82 Å². The first-order valence-electron chi connectivity index (χ1n) is 9.24. The molecule has 0 radical (unpaired) electrons. The molecule has 0 N–H and O–H groups in total. The Balaban J connectivity index is 2.38. The van der Waals surface area contributed by atoms with E-state index in [9.17, 15) is 0 Å². The number of ether oxygens (including phenoxy) is 1. The average Bonchev–Trinajstić information content (AvgIpc) is 2.95. The minimum atomic E-state index is 0.623. The highest BCUT2D eigenvalue weighted by Gasteiger charge is 2.17. The van der Waals surface area contributed by atoms with E-state index in [1.165, 1.54) is 5.69 Å². The molecule has 0 unspecified atom stereocenters. The fourth-order valence-corrected chi connectivity index (χ4v) is 3.25. The van der Waals surface area contributed by atoms with Crippen LogP contribution >= 0.6 is 0 Å². The Kier molecular flexibility index (Phi) is 6.66. The number of benzene rings is 1. The minimum absolute atomic E-state index is 0.623. The highest BCUT2D eigenvalue weighted by molar-refractivity contribution is 5.95. The third-order valence-electron chi connectivity index (χ3n) is 4.53. The number of rotatable bonds is 8. The third-order valence-corrected chi connectivity index (χ3v) is 4.53. The molecule has 0 aliphatic carbocycles. The maximum Gasteiger partial charge on any atom is 0.304 e. The van der Waals surface area contributed by atoms with Crippen molar-refractivity contribution in [2.45, 2.75) is 27.7 Å². The average molecular weight is 359 g/mol. The molecular formula is C20H32N5O+. The number of hydrazone groups is 1. The normalized spacial score (nSPS) is 11.6. The summed E-state index contributed by atoms with van der Waals surface area (Å²) in [6, 6.07) is 6.32. The van der Waals surface area contributed by atoms with Gasteiger partial charge in [-0.2, -0.15) is 5.10 Å². The van der Waals surface area contributed by atoms with E-state index < -0.39 is 0 Å². The number of hydrogen-bond donors (Lipinski definition) is 0. The van der Waals surface area contributed by atoms with E-state index in [-0.39, 0.29) is 0 Å². The highest BCUT2D eigenvalue weighted by Crippen LogP contribution is 2.32. The lowest BCUT2D eigenvalue weighted by Crippen LogP contribution is -2.35. The van der Waals surface area contributed by atoms with Gasteiger partial charge in [0.05, 0.1) is 20.7 Å². The maximum atomic E-state index is 5.91. The van der Waals surface area contributed by atoms with E-state index in [0.29, 0.717) is 6.61 Å². The summed E-state index contributed by atoms with van der Waals surface area (Å²) in [5.74, 6) is 1.92. The van der Waals surface area contributed by atoms with Gasteiger partial charge in [-0.3, -0.25) is 5.01 Å². The van der Waals surface area contributed by atoms with Crippen LogP contribution in [0.5, 0.6) is 5.75 Å². The van der Waals surface area contributed by atoms with Crippen LogP contribution in [0.25, 0.3) is 0 Å². The van der Waals surface area contributed by atoms with E-state index >= 15 is 0 Å². The molecule has 142 valence electrons. The second-order valence-electron chi connectivity index (χ2n) is 6.31. The van der Waals surface area contributed by atoms with E-state index in [1.54, 1.807) is 0 Å². The number of imidazole rings is 1. The first kappa shape index (κ1) is 19.8. The highest BCUT2D eigenvalue weighted by atomic mass is 16.5. The van der Waals surface area contributed by atoms with E-state index in [0.717, 1.165) is 36.1 Å². The molecule has 0 atom stereocenters. The zero-order chi connectivity index (χ0) is 19.3. The molecule has 2 rings (SSSR count). The van der Waals surface area contributed by atoms with Gasteiger partial charge in [-0.05, 0) is 39.8 Å². The van der Waals surface area contributed by atoms with Gasteiger partial charge in [0.2, 0.25) is 0 Å². The van der Waals surface area contributed by atoms with Gasteiger partial charge in [-0.25, -0.2) is 9.13 Å². The van der Waals surface area contributed by atoms with Gasteiger partial charge in [0.1, 0.15) is 29.5 Å². The lowest BCUT2D eigenvalue weighted by Gasteiger charge is -2.24. The summed E-state index contributed by atoms with van der Waals surface area (Å²) in [6.07, 6.45) is 4.05. The van der Waals surface area contributed by atoms with Crippen molar-refractivity contribution in [1.29, 1.82) is 0 Å². The molecule has 0 aliphatic rings. The lowest BCUT2D eigenvalue weighted by atomic mass is 10.2. The largest absolute Gasteiger partial charge is 0.492 e. The lowest BCUT2D eigenvalue weighted by molar-refractivity contribution is -0.672.